The Balaban J connectivity index is 1.31. The van der Waals surface area contributed by atoms with Crippen molar-refractivity contribution in [1.82, 2.24) is 9.80 Å². The summed E-state index contributed by atoms with van der Waals surface area (Å²) >= 11 is 0. The molecule has 1 aliphatic carbocycles. The van der Waals surface area contributed by atoms with Crippen molar-refractivity contribution < 1.29 is 19.1 Å². The lowest BCUT2D eigenvalue weighted by Gasteiger charge is -2.36. The minimum atomic E-state index is -0.564. The summed E-state index contributed by atoms with van der Waals surface area (Å²) in [6.07, 6.45) is -0.870. The van der Waals surface area contributed by atoms with Crippen LogP contribution in [0.15, 0.2) is 53.6 Å². The normalized spacial score (nSPS) is 14.8. The van der Waals surface area contributed by atoms with Gasteiger partial charge in [0, 0.05) is 49.2 Å². The first-order valence-electron chi connectivity index (χ1n) is 15.0. The Labute approximate surface area is 258 Å². The molecule has 2 aliphatic rings. The van der Waals surface area contributed by atoms with E-state index in [1.807, 2.05) is 65.8 Å². The molecule has 0 saturated carbocycles. The van der Waals surface area contributed by atoms with Crippen LogP contribution in [0.1, 0.15) is 60.1 Å². The van der Waals surface area contributed by atoms with Crippen LogP contribution in [0.5, 0.6) is 0 Å². The highest BCUT2D eigenvalue weighted by Crippen LogP contribution is 2.44. The largest absolute Gasteiger partial charge is 0.448 e. The number of rotatable bonds is 6. The third kappa shape index (κ3) is 6.37. The van der Waals surface area contributed by atoms with Crippen LogP contribution in [-0.2, 0) is 16.0 Å². The molecule has 0 bridgehead atoms. The van der Waals surface area contributed by atoms with Crippen molar-refractivity contribution in [2.45, 2.75) is 59.6 Å². The molecule has 1 aliphatic heterocycles. The summed E-state index contributed by atoms with van der Waals surface area (Å²) in [5, 5.41) is 6.96. The summed E-state index contributed by atoms with van der Waals surface area (Å²) in [4.78, 5) is 32.8. The number of fused-ring (bicyclic) bond motifs is 3. The quantitative estimate of drug-likeness (QED) is 0.176. The van der Waals surface area contributed by atoms with Crippen LogP contribution in [-0.4, -0.2) is 60.4 Å². The minimum Gasteiger partial charge on any atom is -0.448 e. The predicted octanol–water partition coefficient (Wildman–Crippen LogP) is 7.97. The number of piperazine rings is 1. The lowest BCUT2D eigenvalue weighted by Crippen LogP contribution is -2.49. The predicted molar refractivity (Wildman–Crippen MR) is 171 cm³/mol. The van der Waals surface area contributed by atoms with E-state index in [0.717, 1.165) is 38.9 Å². The van der Waals surface area contributed by atoms with E-state index in [0.29, 0.717) is 49.7 Å². The van der Waals surface area contributed by atoms with Gasteiger partial charge in [0.15, 0.2) is 0 Å². The van der Waals surface area contributed by atoms with Crippen molar-refractivity contribution in [1.29, 1.82) is 0 Å². The topological polar surface area (TPSA) is 120 Å². The standard InChI is InChI=1S/C34H40N6O4/c1-21-28(19-39-15-17-40(18-16-39)33(42)44-34(4,5)6)22(2)31(37-38-35)23(3)30(21)36-32(41)43-20-29-26-13-9-7-11-24(26)25-12-8-10-14-27(25)29/h7-14,29H,15-20H2,1-6H3,(H,36,41). The molecule has 2 amide bonds. The van der Waals surface area contributed by atoms with Gasteiger partial charge < -0.3 is 14.4 Å². The summed E-state index contributed by atoms with van der Waals surface area (Å²) in [5.74, 6) is -0.0537. The van der Waals surface area contributed by atoms with Gasteiger partial charge in [-0.15, -0.1) is 0 Å². The molecular weight excluding hydrogens is 556 g/mol. The molecule has 10 nitrogen and oxygen atoms in total. The molecule has 1 N–H and O–H groups in total. The molecule has 0 spiro atoms. The molecule has 3 aromatic rings. The first-order valence-corrected chi connectivity index (χ1v) is 15.0. The third-order valence-corrected chi connectivity index (χ3v) is 8.49. The smallest absolute Gasteiger partial charge is 0.411 e. The number of carbonyl (C=O) groups excluding carboxylic acids is 2. The second-order valence-corrected chi connectivity index (χ2v) is 12.5. The number of azide groups is 1. The first-order chi connectivity index (χ1) is 21.0. The van der Waals surface area contributed by atoms with Gasteiger partial charge in [-0.3, -0.25) is 10.2 Å². The third-order valence-electron chi connectivity index (χ3n) is 8.49. The van der Waals surface area contributed by atoms with Gasteiger partial charge in [-0.05, 0) is 91.6 Å². The fraction of sp³-hybridized carbons (Fsp3) is 0.412. The Morgan fingerprint density at radius 1 is 0.932 bits per heavy atom. The van der Waals surface area contributed by atoms with Gasteiger partial charge in [0.2, 0.25) is 0 Å². The van der Waals surface area contributed by atoms with E-state index in [9.17, 15) is 15.1 Å². The van der Waals surface area contributed by atoms with E-state index in [4.69, 9.17) is 9.47 Å². The van der Waals surface area contributed by atoms with Gasteiger partial charge in [-0.25, -0.2) is 9.59 Å². The molecule has 3 aromatic carbocycles. The molecule has 0 unspecified atom stereocenters. The SMILES string of the molecule is Cc1c(CN2CCN(C(=O)OC(C)(C)C)CC2)c(C)c(NC(=O)OCC2c3ccccc3-c3ccccc32)c(C)c1N=[N+]=[N-]. The monoisotopic (exact) mass is 596 g/mol. The number of benzene rings is 3. The Bertz CT molecular complexity index is 1590. The van der Waals surface area contributed by atoms with Crippen LogP contribution in [0, 0.1) is 20.8 Å². The summed E-state index contributed by atoms with van der Waals surface area (Å²) in [7, 11) is 0. The van der Waals surface area contributed by atoms with Crippen molar-refractivity contribution in [3.63, 3.8) is 0 Å². The molecule has 1 heterocycles. The van der Waals surface area contributed by atoms with Crippen molar-refractivity contribution in [2.75, 3.05) is 38.1 Å². The van der Waals surface area contributed by atoms with Crippen LogP contribution < -0.4 is 5.32 Å². The summed E-state index contributed by atoms with van der Waals surface area (Å²) in [6, 6.07) is 16.4. The van der Waals surface area contributed by atoms with Gasteiger partial charge >= 0.3 is 12.2 Å². The van der Waals surface area contributed by atoms with Crippen LogP contribution >= 0.6 is 0 Å². The molecule has 0 atom stereocenters. The molecule has 1 saturated heterocycles. The van der Waals surface area contributed by atoms with Gasteiger partial charge in [-0.1, -0.05) is 53.6 Å². The lowest BCUT2D eigenvalue weighted by atomic mass is 9.94. The molecule has 230 valence electrons. The van der Waals surface area contributed by atoms with Gasteiger partial charge in [0.1, 0.15) is 12.2 Å². The van der Waals surface area contributed by atoms with E-state index in [1.54, 1.807) is 4.90 Å². The highest BCUT2D eigenvalue weighted by molar-refractivity contribution is 5.89. The molecular formula is C34H40N6O4. The minimum absolute atomic E-state index is 0.0537. The van der Waals surface area contributed by atoms with E-state index in [2.05, 4.69) is 44.5 Å². The van der Waals surface area contributed by atoms with Crippen molar-refractivity contribution >= 4 is 23.6 Å². The zero-order valence-corrected chi connectivity index (χ0v) is 26.3. The number of anilines is 1. The molecule has 5 rings (SSSR count). The van der Waals surface area contributed by atoms with E-state index in [-0.39, 0.29) is 18.6 Å². The Kier molecular flexibility index (Phi) is 8.85. The van der Waals surface area contributed by atoms with Crippen molar-refractivity contribution in [2.24, 2.45) is 5.11 Å². The number of hydrogen-bond donors (Lipinski definition) is 1. The summed E-state index contributed by atoms with van der Waals surface area (Å²) in [6.45, 7) is 14.5. The van der Waals surface area contributed by atoms with E-state index in [1.165, 1.54) is 0 Å². The number of carbonyl (C=O) groups is 2. The van der Waals surface area contributed by atoms with E-state index >= 15 is 0 Å². The van der Waals surface area contributed by atoms with E-state index < -0.39 is 11.7 Å². The molecule has 10 heteroatoms. The van der Waals surface area contributed by atoms with Crippen molar-refractivity contribution in [3.8, 4) is 11.1 Å². The maximum absolute atomic E-state index is 13.3. The van der Waals surface area contributed by atoms with Gasteiger partial charge in [-0.2, -0.15) is 0 Å². The average molecular weight is 597 g/mol. The Hall–Kier alpha value is -4.53. The number of ether oxygens (including phenoxy) is 2. The Morgan fingerprint density at radius 3 is 2.09 bits per heavy atom. The first kappa shape index (κ1) is 30.9. The molecule has 0 radical (unpaired) electrons. The summed E-state index contributed by atoms with van der Waals surface area (Å²) in [5.41, 5.74) is 17.9. The highest BCUT2D eigenvalue weighted by atomic mass is 16.6. The second-order valence-electron chi connectivity index (χ2n) is 12.5. The maximum Gasteiger partial charge on any atom is 0.411 e. The number of amides is 2. The maximum atomic E-state index is 13.3. The molecule has 44 heavy (non-hydrogen) atoms. The zero-order chi connectivity index (χ0) is 31.6. The highest BCUT2D eigenvalue weighted by Gasteiger charge is 2.30. The molecule has 0 aromatic heterocycles. The second kappa shape index (κ2) is 12.6. The fourth-order valence-electron chi connectivity index (χ4n) is 6.25. The van der Waals surface area contributed by atoms with Crippen molar-refractivity contribution in [3.05, 3.63) is 92.4 Å². The number of nitrogens with zero attached hydrogens (tertiary/aromatic N) is 5. The van der Waals surface area contributed by atoms with Crippen LogP contribution in [0.4, 0.5) is 21.0 Å². The number of nitrogens with one attached hydrogen (secondary N) is 1. The number of hydrogen-bond acceptors (Lipinski definition) is 6. The van der Waals surface area contributed by atoms with Gasteiger partial charge in [0.05, 0.1) is 5.69 Å². The zero-order valence-electron chi connectivity index (χ0n) is 26.3. The summed E-state index contributed by atoms with van der Waals surface area (Å²) < 4.78 is 11.4. The molecule has 1 fully saturated rings. The van der Waals surface area contributed by atoms with Crippen LogP contribution in [0.25, 0.3) is 21.6 Å². The van der Waals surface area contributed by atoms with Gasteiger partial charge in [0.25, 0.3) is 0 Å². The van der Waals surface area contributed by atoms with Crippen LogP contribution in [0.2, 0.25) is 0 Å². The lowest BCUT2D eigenvalue weighted by molar-refractivity contribution is 0.0138. The average Bonchev–Trinajstić information content (AvgIpc) is 3.31. The fourth-order valence-corrected chi connectivity index (χ4v) is 6.25. The Morgan fingerprint density at radius 2 is 1.52 bits per heavy atom. The van der Waals surface area contributed by atoms with Crippen LogP contribution in [0.3, 0.4) is 0 Å².